The number of nitrogens with one attached hydrogen (secondary N) is 1. The lowest BCUT2D eigenvalue weighted by Gasteiger charge is -2.12. The molecule has 0 fully saturated rings. The summed E-state index contributed by atoms with van der Waals surface area (Å²) >= 11 is 12.1. The number of hydrazone groups is 1. The molecule has 0 aliphatic rings. The third-order valence-corrected chi connectivity index (χ3v) is 6.08. The first-order chi connectivity index (χ1) is 18.2. The SMILES string of the molecule is COc1cc(C(=O)NN=Cc2ccc(-c3ccc([N+](=O)[O-])cc3C)o2)ccc1OCc1ccc(Cl)cc1Cl. The van der Waals surface area contributed by atoms with Crippen LogP contribution in [0.15, 0.2) is 76.2 Å². The number of rotatable bonds is 9. The molecule has 38 heavy (non-hydrogen) atoms. The normalized spacial score (nSPS) is 10.9. The van der Waals surface area contributed by atoms with E-state index in [0.717, 1.165) is 5.56 Å². The number of benzene rings is 3. The molecule has 0 aliphatic heterocycles. The topological polar surface area (TPSA) is 116 Å². The Balaban J connectivity index is 1.39. The fourth-order valence-electron chi connectivity index (χ4n) is 3.55. The summed E-state index contributed by atoms with van der Waals surface area (Å²) in [5.74, 6) is 1.24. The smallest absolute Gasteiger partial charge is 0.271 e. The monoisotopic (exact) mass is 553 g/mol. The van der Waals surface area contributed by atoms with Gasteiger partial charge in [0.25, 0.3) is 11.6 Å². The van der Waals surface area contributed by atoms with Crippen LogP contribution in [0.5, 0.6) is 11.5 Å². The fourth-order valence-corrected chi connectivity index (χ4v) is 4.01. The van der Waals surface area contributed by atoms with Gasteiger partial charge in [0, 0.05) is 38.9 Å². The van der Waals surface area contributed by atoms with E-state index in [9.17, 15) is 14.9 Å². The van der Waals surface area contributed by atoms with Gasteiger partial charge in [0.15, 0.2) is 11.5 Å². The minimum Gasteiger partial charge on any atom is -0.493 e. The molecule has 9 nitrogen and oxygen atoms in total. The molecule has 1 heterocycles. The number of amides is 1. The molecule has 1 N–H and O–H groups in total. The van der Waals surface area contributed by atoms with E-state index in [0.29, 0.717) is 49.8 Å². The molecule has 11 heteroatoms. The van der Waals surface area contributed by atoms with Gasteiger partial charge in [-0.2, -0.15) is 5.10 Å². The van der Waals surface area contributed by atoms with Crippen LogP contribution in [0.1, 0.15) is 27.2 Å². The molecule has 1 aromatic heterocycles. The summed E-state index contributed by atoms with van der Waals surface area (Å²) in [5, 5.41) is 15.9. The number of ether oxygens (including phenoxy) is 2. The Kier molecular flexibility index (Phi) is 8.30. The van der Waals surface area contributed by atoms with Crippen molar-refractivity contribution in [3.8, 4) is 22.8 Å². The van der Waals surface area contributed by atoms with Gasteiger partial charge in [0.2, 0.25) is 0 Å². The Morgan fingerprint density at radius 3 is 2.61 bits per heavy atom. The standard InChI is InChI=1S/C27H21Cl2N3O6/c1-16-11-20(32(34)35)6-8-22(16)24-10-7-21(38-24)14-30-31-27(33)17-4-9-25(26(12-17)36-2)37-15-18-3-5-19(28)13-23(18)29/h3-14H,15H2,1-2H3,(H,31,33). The number of carbonyl (C=O) groups excluding carboxylic acids is 1. The van der Waals surface area contributed by atoms with E-state index in [1.165, 1.54) is 31.5 Å². The maximum atomic E-state index is 12.6. The zero-order valence-electron chi connectivity index (χ0n) is 20.2. The number of hydrogen-bond donors (Lipinski definition) is 1. The van der Waals surface area contributed by atoms with Crippen LogP contribution in [-0.2, 0) is 6.61 Å². The van der Waals surface area contributed by atoms with Crippen molar-refractivity contribution >= 4 is 41.0 Å². The average Bonchev–Trinajstić information content (AvgIpc) is 3.36. The Hall–Kier alpha value is -4.34. The summed E-state index contributed by atoms with van der Waals surface area (Å²) in [6.07, 6.45) is 1.35. The molecule has 4 rings (SSSR count). The van der Waals surface area contributed by atoms with E-state index in [1.807, 2.05) is 0 Å². The highest BCUT2D eigenvalue weighted by Crippen LogP contribution is 2.31. The summed E-state index contributed by atoms with van der Waals surface area (Å²) in [6.45, 7) is 1.95. The number of carbonyl (C=O) groups is 1. The number of halogens is 2. The van der Waals surface area contributed by atoms with Gasteiger partial charge < -0.3 is 13.9 Å². The molecule has 0 atom stereocenters. The zero-order chi connectivity index (χ0) is 27.2. The molecule has 0 saturated heterocycles. The number of non-ortho nitro benzene ring substituents is 1. The van der Waals surface area contributed by atoms with Gasteiger partial charge in [0.1, 0.15) is 18.1 Å². The van der Waals surface area contributed by atoms with Crippen molar-refractivity contribution in [3.05, 3.63) is 109 Å². The fraction of sp³-hybridized carbons (Fsp3) is 0.111. The number of furan rings is 1. The quantitative estimate of drug-likeness (QED) is 0.138. The summed E-state index contributed by atoms with van der Waals surface area (Å²) in [5.41, 5.74) is 4.91. The molecule has 4 aromatic rings. The Labute approximate surface area is 227 Å². The first-order valence-corrected chi connectivity index (χ1v) is 11.9. The van der Waals surface area contributed by atoms with Crippen molar-refractivity contribution in [2.24, 2.45) is 5.10 Å². The van der Waals surface area contributed by atoms with Gasteiger partial charge in [-0.3, -0.25) is 14.9 Å². The van der Waals surface area contributed by atoms with E-state index < -0.39 is 10.8 Å². The number of nitrogens with zero attached hydrogens (tertiary/aromatic N) is 2. The average molecular weight is 554 g/mol. The number of aryl methyl sites for hydroxylation is 1. The number of methoxy groups -OCH3 is 1. The van der Waals surface area contributed by atoms with Crippen LogP contribution in [0.3, 0.4) is 0 Å². The predicted molar refractivity (Wildman–Crippen MR) is 144 cm³/mol. The highest BCUT2D eigenvalue weighted by Gasteiger charge is 2.14. The maximum Gasteiger partial charge on any atom is 0.271 e. The van der Waals surface area contributed by atoms with Crippen molar-refractivity contribution in [3.63, 3.8) is 0 Å². The van der Waals surface area contributed by atoms with E-state index in [4.69, 9.17) is 37.1 Å². The minimum absolute atomic E-state index is 0.00415. The van der Waals surface area contributed by atoms with E-state index in [2.05, 4.69) is 10.5 Å². The van der Waals surface area contributed by atoms with Gasteiger partial charge >= 0.3 is 0 Å². The van der Waals surface area contributed by atoms with Crippen molar-refractivity contribution < 1.29 is 23.6 Å². The molecular formula is C27H21Cl2N3O6. The lowest BCUT2D eigenvalue weighted by atomic mass is 10.1. The third kappa shape index (κ3) is 6.31. The molecule has 0 unspecified atom stereocenters. The Bertz CT molecular complexity index is 1530. The third-order valence-electron chi connectivity index (χ3n) is 5.50. The summed E-state index contributed by atoms with van der Waals surface area (Å²) in [7, 11) is 1.47. The van der Waals surface area contributed by atoms with Gasteiger partial charge in [-0.05, 0) is 61.0 Å². The van der Waals surface area contributed by atoms with Gasteiger partial charge in [-0.15, -0.1) is 0 Å². The highest BCUT2D eigenvalue weighted by atomic mass is 35.5. The number of hydrogen-bond acceptors (Lipinski definition) is 7. The van der Waals surface area contributed by atoms with Crippen LogP contribution in [0.4, 0.5) is 5.69 Å². The molecular weight excluding hydrogens is 533 g/mol. The van der Waals surface area contributed by atoms with Crippen LogP contribution in [0.25, 0.3) is 11.3 Å². The number of nitro groups is 1. The lowest BCUT2D eigenvalue weighted by molar-refractivity contribution is -0.384. The van der Waals surface area contributed by atoms with Gasteiger partial charge in [0.05, 0.1) is 18.2 Å². The maximum absolute atomic E-state index is 12.6. The molecule has 0 radical (unpaired) electrons. The van der Waals surface area contributed by atoms with Gasteiger partial charge in [-0.1, -0.05) is 29.3 Å². The molecule has 0 bridgehead atoms. The predicted octanol–water partition coefficient (Wildman–Crippen LogP) is 6.82. The van der Waals surface area contributed by atoms with Crippen LogP contribution in [0, 0.1) is 17.0 Å². The summed E-state index contributed by atoms with van der Waals surface area (Å²) in [4.78, 5) is 23.1. The van der Waals surface area contributed by atoms with Crippen LogP contribution >= 0.6 is 23.2 Å². The summed E-state index contributed by atoms with van der Waals surface area (Å²) < 4.78 is 16.9. The van der Waals surface area contributed by atoms with E-state index >= 15 is 0 Å². The van der Waals surface area contributed by atoms with Gasteiger partial charge in [-0.25, -0.2) is 5.43 Å². The second-order valence-corrected chi connectivity index (χ2v) is 8.89. The largest absolute Gasteiger partial charge is 0.493 e. The van der Waals surface area contributed by atoms with Crippen molar-refractivity contribution in [2.45, 2.75) is 13.5 Å². The van der Waals surface area contributed by atoms with Crippen LogP contribution < -0.4 is 14.9 Å². The molecule has 0 saturated carbocycles. The molecule has 0 aliphatic carbocycles. The number of nitro benzene ring substituents is 1. The molecule has 0 spiro atoms. The van der Waals surface area contributed by atoms with E-state index in [1.54, 1.807) is 55.5 Å². The molecule has 194 valence electrons. The second-order valence-electron chi connectivity index (χ2n) is 8.05. The van der Waals surface area contributed by atoms with Crippen LogP contribution in [-0.4, -0.2) is 24.2 Å². The second kappa shape index (κ2) is 11.8. The zero-order valence-corrected chi connectivity index (χ0v) is 21.7. The van der Waals surface area contributed by atoms with Crippen molar-refractivity contribution in [2.75, 3.05) is 7.11 Å². The highest BCUT2D eigenvalue weighted by molar-refractivity contribution is 6.35. The molecule has 1 amide bonds. The summed E-state index contributed by atoms with van der Waals surface area (Å²) in [6, 6.07) is 17.8. The first-order valence-electron chi connectivity index (χ1n) is 11.2. The minimum atomic E-state index is -0.468. The van der Waals surface area contributed by atoms with Crippen molar-refractivity contribution in [1.82, 2.24) is 5.43 Å². The Morgan fingerprint density at radius 1 is 1.08 bits per heavy atom. The first kappa shape index (κ1) is 26.7. The Morgan fingerprint density at radius 2 is 1.89 bits per heavy atom. The van der Waals surface area contributed by atoms with E-state index in [-0.39, 0.29) is 12.3 Å². The van der Waals surface area contributed by atoms with Crippen molar-refractivity contribution in [1.29, 1.82) is 0 Å². The molecule has 3 aromatic carbocycles. The van der Waals surface area contributed by atoms with Crippen LogP contribution in [0.2, 0.25) is 10.0 Å². The lowest BCUT2D eigenvalue weighted by Crippen LogP contribution is -2.17.